The molecular weight excluding hydrogens is 713 g/mol. The lowest BCUT2D eigenvalue weighted by molar-refractivity contribution is 0.501. The van der Waals surface area contributed by atoms with Gasteiger partial charge in [0, 0.05) is 44.2 Å². The molecule has 0 unspecified atom stereocenters. The highest BCUT2D eigenvalue weighted by Gasteiger charge is 2.45. The first-order chi connectivity index (χ1) is 28.9. The van der Waals surface area contributed by atoms with Gasteiger partial charge in [0.25, 0.3) is 0 Å². The van der Waals surface area contributed by atoms with Gasteiger partial charge in [0.15, 0.2) is 0 Å². The molecule has 2 aliphatic rings. The minimum Gasteiger partial charge on any atom is -0.312 e. The maximum absolute atomic E-state index is 2.59. The fourth-order valence-electron chi connectivity index (χ4n) is 10.7. The molecule has 0 saturated heterocycles. The molecule has 0 radical (unpaired) electrons. The smallest absolute Gasteiger partial charge is 0.0607 e. The van der Waals surface area contributed by atoms with Crippen LogP contribution in [0.1, 0.15) is 139 Å². The van der Waals surface area contributed by atoms with Crippen molar-refractivity contribution in [1.82, 2.24) is 9.13 Å². The standard InChI is InChI=1S/C57H62N2/c1-56(2,44-28-20-16-12-9-13-17-21-29-44)45-36-40-47(41-37-45)59-50-32-24-22-30-48(50)52-54-53(57(3,4)55(52)59)49-31-23-25-33-51(49)58(54)46-38-34-43(35-39-46)42-26-18-14-10-7-5-6-8-11-15-19-27-42/h9,12-13,16-17,20-25,28-42H,5-8,10-11,14-15,18-19,26-27H2,1-4H3. The van der Waals surface area contributed by atoms with Crippen LogP contribution in [0.5, 0.6) is 0 Å². The Kier molecular flexibility index (Phi) is 11.1. The molecule has 0 bridgehead atoms. The molecule has 7 aromatic rings. The van der Waals surface area contributed by atoms with Gasteiger partial charge in [0.2, 0.25) is 0 Å². The Labute approximate surface area is 353 Å². The van der Waals surface area contributed by atoms with E-state index >= 15 is 0 Å². The first-order valence-electron chi connectivity index (χ1n) is 22.7. The van der Waals surface area contributed by atoms with E-state index in [1.807, 2.05) is 0 Å². The van der Waals surface area contributed by atoms with Crippen molar-refractivity contribution in [3.63, 3.8) is 0 Å². The maximum Gasteiger partial charge on any atom is 0.0607 e. The summed E-state index contributed by atoms with van der Waals surface area (Å²) in [4.78, 5) is 0. The van der Waals surface area contributed by atoms with Crippen LogP contribution in [0.15, 0.2) is 152 Å². The number of aromatic nitrogens is 2. The third kappa shape index (κ3) is 7.34. The molecular formula is C57H62N2. The summed E-state index contributed by atoms with van der Waals surface area (Å²) in [5.74, 6) is 0.655. The molecule has 2 heteroatoms. The predicted octanol–water partition coefficient (Wildman–Crippen LogP) is 16.1. The van der Waals surface area contributed by atoms with Crippen molar-refractivity contribution in [2.75, 3.05) is 0 Å². The molecule has 2 heterocycles. The number of hydrogen-bond donors (Lipinski definition) is 0. The second-order valence-corrected chi connectivity index (χ2v) is 18.5. The lowest BCUT2D eigenvalue weighted by atomic mass is 9.78. The monoisotopic (exact) mass is 774 g/mol. The van der Waals surface area contributed by atoms with E-state index in [4.69, 9.17) is 0 Å². The topological polar surface area (TPSA) is 9.86 Å². The molecule has 9 rings (SSSR count). The van der Waals surface area contributed by atoms with E-state index in [2.05, 4.69) is 188 Å². The van der Waals surface area contributed by atoms with Gasteiger partial charge < -0.3 is 9.13 Å². The van der Waals surface area contributed by atoms with Crippen LogP contribution in [0.2, 0.25) is 0 Å². The Bertz CT molecular complexity index is 2570. The van der Waals surface area contributed by atoms with Crippen molar-refractivity contribution in [1.29, 1.82) is 0 Å². The maximum atomic E-state index is 2.59. The fourth-order valence-corrected chi connectivity index (χ4v) is 10.7. The zero-order valence-corrected chi connectivity index (χ0v) is 35.9. The fraction of sp³-hybridized carbons (Fsp3) is 0.333. The lowest BCUT2D eigenvalue weighted by Gasteiger charge is -2.27. The van der Waals surface area contributed by atoms with Crippen molar-refractivity contribution < 1.29 is 0 Å². The van der Waals surface area contributed by atoms with Gasteiger partial charge in [-0.25, -0.2) is 0 Å². The van der Waals surface area contributed by atoms with E-state index in [1.54, 1.807) is 0 Å². The van der Waals surface area contributed by atoms with Crippen molar-refractivity contribution >= 4 is 21.8 Å². The quantitative estimate of drug-likeness (QED) is 0.165. The Balaban J connectivity index is 1.14. The molecule has 2 aliphatic carbocycles. The van der Waals surface area contributed by atoms with Crippen LogP contribution in [0, 0.1) is 0 Å². The van der Waals surface area contributed by atoms with Crippen LogP contribution in [0.4, 0.5) is 0 Å². The summed E-state index contributed by atoms with van der Waals surface area (Å²) < 4.78 is 5.16. The van der Waals surface area contributed by atoms with E-state index in [0.717, 1.165) is 0 Å². The number of benzene rings is 4. The third-order valence-corrected chi connectivity index (χ3v) is 14.0. The largest absolute Gasteiger partial charge is 0.312 e. The molecule has 1 fully saturated rings. The molecule has 0 amide bonds. The average molecular weight is 775 g/mol. The van der Waals surface area contributed by atoms with Crippen LogP contribution < -0.4 is 0 Å². The minimum absolute atomic E-state index is 0.176. The average Bonchev–Trinajstić information content (AvgIpc) is 3.87. The van der Waals surface area contributed by atoms with Crippen LogP contribution in [0.3, 0.4) is 0 Å². The summed E-state index contributed by atoms with van der Waals surface area (Å²) in [7, 11) is 0. The van der Waals surface area contributed by atoms with Crippen LogP contribution >= 0.6 is 0 Å². The summed E-state index contributed by atoms with van der Waals surface area (Å²) in [6.45, 7) is 9.57. The number of nitrogens with zero attached hydrogens (tertiary/aromatic N) is 2. The molecule has 2 nitrogen and oxygen atoms in total. The Hall–Kier alpha value is -5.34. The van der Waals surface area contributed by atoms with Gasteiger partial charge in [-0.1, -0.05) is 207 Å². The summed E-state index contributed by atoms with van der Waals surface area (Å²) in [5, 5.41) is 2.66. The molecule has 2 aromatic heterocycles. The highest BCUT2D eigenvalue weighted by molar-refractivity contribution is 6.08. The second-order valence-electron chi connectivity index (χ2n) is 18.5. The van der Waals surface area contributed by atoms with E-state index in [0.29, 0.717) is 5.92 Å². The summed E-state index contributed by atoms with van der Waals surface area (Å²) >= 11 is 0. The van der Waals surface area contributed by atoms with Crippen LogP contribution in [-0.4, -0.2) is 9.13 Å². The first-order valence-corrected chi connectivity index (χ1v) is 22.7. The van der Waals surface area contributed by atoms with Crippen molar-refractivity contribution in [2.45, 2.75) is 121 Å². The van der Waals surface area contributed by atoms with Gasteiger partial charge in [-0.05, 0) is 77.4 Å². The van der Waals surface area contributed by atoms with Crippen LogP contribution in [0.25, 0.3) is 44.4 Å². The molecule has 1 saturated carbocycles. The summed E-state index contributed by atoms with van der Waals surface area (Å²) in [6.07, 6.45) is 16.6. The molecule has 0 N–H and O–H groups in total. The third-order valence-electron chi connectivity index (χ3n) is 14.0. The van der Waals surface area contributed by atoms with Gasteiger partial charge >= 0.3 is 0 Å². The number of fused-ring (bicyclic) bond motifs is 7. The van der Waals surface area contributed by atoms with E-state index in [-0.39, 0.29) is 10.8 Å². The van der Waals surface area contributed by atoms with Crippen molar-refractivity contribution in [3.05, 3.63) is 180 Å². The summed E-state index contributed by atoms with van der Waals surface area (Å²) in [6, 6.07) is 56.6. The SMILES string of the molecule is CC(C)(c1ccccccccc1)c1ccc(-n2c3c(c4ccccc42)-c2c(c4ccccc4n2-c2ccc(C4CCCCCCCCCCCC4)cc2)C3(C)C)cc1. The summed E-state index contributed by atoms with van der Waals surface area (Å²) in [5.41, 5.74) is 14.2. The van der Waals surface area contributed by atoms with Crippen molar-refractivity contribution in [3.8, 4) is 22.6 Å². The number of hydrogen-bond acceptors (Lipinski definition) is 0. The van der Waals surface area contributed by atoms with Crippen LogP contribution in [-0.2, 0) is 10.8 Å². The van der Waals surface area contributed by atoms with Gasteiger partial charge in [-0.2, -0.15) is 0 Å². The minimum atomic E-state index is -0.237. The van der Waals surface area contributed by atoms with Gasteiger partial charge in [0.05, 0.1) is 16.7 Å². The zero-order chi connectivity index (χ0) is 40.4. The molecule has 5 aromatic carbocycles. The Morgan fingerprint density at radius 2 is 0.898 bits per heavy atom. The number of para-hydroxylation sites is 2. The zero-order valence-electron chi connectivity index (χ0n) is 35.9. The van der Waals surface area contributed by atoms with Crippen molar-refractivity contribution in [2.24, 2.45) is 0 Å². The van der Waals surface area contributed by atoms with E-state index < -0.39 is 0 Å². The number of rotatable bonds is 5. The van der Waals surface area contributed by atoms with Gasteiger partial charge in [0.1, 0.15) is 0 Å². The molecule has 0 atom stereocenters. The predicted molar refractivity (Wildman–Crippen MR) is 252 cm³/mol. The normalized spacial score (nSPS) is 16.4. The Morgan fingerprint density at radius 1 is 0.458 bits per heavy atom. The first kappa shape index (κ1) is 39.1. The lowest BCUT2D eigenvalue weighted by Crippen LogP contribution is -2.20. The van der Waals surface area contributed by atoms with E-state index in [1.165, 1.54) is 149 Å². The van der Waals surface area contributed by atoms with E-state index in [9.17, 15) is 0 Å². The highest BCUT2D eigenvalue weighted by Crippen LogP contribution is 2.57. The molecule has 300 valence electrons. The van der Waals surface area contributed by atoms with Gasteiger partial charge in [-0.3, -0.25) is 0 Å². The highest BCUT2D eigenvalue weighted by atomic mass is 15.1. The molecule has 0 spiro atoms. The molecule has 0 aliphatic heterocycles. The molecule has 59 heavy (non-hydrogen) atoms. The van der Waals surface area contributed by atoms with Gasteiger partial charge in [-0.15, -0.1) is 0 Å². The second kappa shape index (κ2) is 16.7. The Morgan fingerprint density at radius 3 is 1.49 bits per heavy atom.